The zero-order valence-corrected chi connectivity index (χ0v) is 11.6. The molecule has 1 atom stereocenters. The van der Waals surface area contributed by atoms with Crippen molar-refractivity contribution in [1.82, 2.24) is 10.3 Å². The summed E-state index contributed by atoms with van der Waals surface area (Å²) in [5.41, 5.74) is -0.444. The Morgan fingerprint density at radius 2 is 2.24 bits per heavy atom. The molecule has 1 aromatic rings. The molecule has 0 aliphatic rings. The number of halogens is 1. The quantitative estimate of drug-likeness (QED) is 0.932. The highest BCUT2D eigenvalue weighted by atomic mass is 79.9. The number of nitrogens with zero attached hydrogens (tertiary/aromatic N) is 2. The third kappa shape index (κ3) is 3.27. The molecule has 1 rings (SSSR count). The number of pyridine rings is 1. The van der Waals surface area contributed by atoms with Gasteiger partial charge >= 0.3 is 0 Å². The summed E-state index contributed by atoms with van der Waals surface area (Å²) in [4.78, 5) is 15.9. The summed E-state index contributed by atoms with van der Waals surface area (Å²) in [5, 5.41) is 11.8. The maximum Gasteiger partial charge on any atom is 0.254 e. The minimum atomic E-state index is -0.876. The van der Waals surface area contributed by atoms with Crippen LogP contribution >= 0.6 is 15.9 Å². The Bertz CT molecular complexity index is 467. The monoisotopic (exact) mass is 295 g/mol. The van der Waals surface area contributed by atoms with Gasteiger partial charge in [-0.3, -0.25) is 9.78 Å². The van der Waals surface area contributed by atoms with Crippen molar-refractivity contribution in [2.45, 2.75) is 26.3 Å². The molecule has 1 amide bonds. The fourth-order valence-corrected chi connectivity index (χ4v) is 1.51. The third-order valence-corrected chi connectivity index (χ3v) is 3.16. The number of carbonyl (C=O) groups is 1. The first-order chi connectivity index (χ1) is 7.89. The number of rotatable bonds is 3. The van der Waals surface area contributed by atoms with Gasteiger partial charge in [-0.2, -0.15) is 5.26 Å². The first-order valence-corrected chi connectivity index (χ1v) is 6.02. The molecule has 1 N–H and O–H groups in total. The number of nitrogens with one attached hydrogen (secondary N) is 1. The van der Waals surface area contributed by atoms with Crippen molar-refractivity contribution in [2.75, 3.05) is 0 Å². The van der Waals surface area contributed by atoms with Crippen LogP contribution < -0.4 is 5.32 Å². The van der Waals surface area contributed by atoms with E-state index in [1.165, 1.54) is 6.20 Å². The molecule has 4 nitrogen and oxygen atoms in total. The molecular weight excluding hydrogens is 282 g/mol. The van der Waals surface area contributed by atoms with E-state index in [0.29, 0.717) is 5.56 Å². The molecule has 0 spiro atoms. The highest BCUT2D eigenvalue weighted by Gasteiger charge is 2.30. The Hall–Kier alpha value is -1.41. The summed E-state index contributed by atoms with van der Waals surface area (Å²) in [6.45, 7) is 5.49. The summed E-state index contributed by atoms with van der Waals surface area (Å²) in [5.74, 6) is -0.270. The molecule has 0 radical (unpaired) electrons. The standard InChI is InChI=1S/C12H14BrN3O/c1-8(2)12(3,7-14)16-11(17)9-4-10(13)6-15-5-9/h4-6,8H,1-3H3,(H,16,17)/t12-/m0/s1. The second-order valence-corrected chi connectivity index (χ2v) is 5.23. The van der Waals surface area contributed by atoms with Crippen LogP contribution in [-0.4, -0.2) is 16.4 Å². The molecule has 1 heterocycles. The number of hydrogen-bond donors (Lipinski definition) is 1. The van der Waals surface area contributed by atoms with E-state index in [1.54, 1.807) is 19.2 Å². The molecule has 0 aromatic carbocycles. The molecule has 5 heteroatoms. The predicted molar refractivity (Wildman–Crippen MR) is 68.3 cm³/mol. The predicted octanol–water partition coefficient (Wildman–Crippen LogP) is 2.51. The lowest BCUT2D eigenvalue weighted by atomic mass is 9.90. The maximum absolute atomic E-state index is 12.0. The lowest BCUT2D eigenvalue weighted by Gasteiger charge is -2.27. The Labute approximate surface area is 109 Å². The van der Waals surface area contributed by atoms with Gasteiger partial charge in [0.15, 0.2) is 0 Å². The number of nitriles is 1. The van der Waals surface area contributed by atoms with Crippen LogP contribution in [-0.2, 0) is 0 Å². The molecule has 0 unspecified atom stereocenters. The van der Waals surface area contributed by atoms with E-state index < -0.39 is 5.54 Å². The molecule has 0 aliphatic carbocycles. The van der Waals surface area contributed by atoms with Gasteiger partial charge in [0, 0.05) is 16.9 Å². The molecule has 90 valence electrons. The van der Waals surface area contributed by atoms with Crippen molar-refractivity contribution in [2.24, 2.45) is 5.92 Å². The minimum Gasteiger partial charge on any atom is -0.334 e. The van der Waals surface area contributed by atoms with Crippen molar-refractivity contribution in [3.63, 3.8) is 0 Å². The number of hydrogen-bond acceptors (Lipinski definition) is 3. The van der Waals surface area contributed by atoms with Crippen LogP contribution in [0.3, 0.4) is 0 Å². The second kappa shape index (κ2) is 5.28. The Morgan fingerprint density at radius 1 is 1.59 bits per heavy atom. The average Bonchev–Trinajstić information content (AvgIpc) is 2.28. The topological polar surface area (TPSA) is 65.8 Å². The van der Waals surface area contributed by atoms with Crippen LogP contribution in [0.15, 0.2) is 22.9 Å². The highest BCUT2D eigenvalue weighted by Crippen LogP contribution is 2.17. The maximum atomic E-state index is 12.0. The molecule has 0 saturated heterocycles. The van der Waals surface area contributed by atoms with Gasteiger partial charge in [-0.1, -0.05) is 13.8 Å². The Morgan fingerprint density at radius 3 is 2.71 bits per heavy atom. The van der Waals surface area contributed by atoms with Crippen LogP contribution in [0, 0.1) is 17.2 Å². The van der Waals surface area contributed by atoms with E-state index in [9.17, 15) is 4.79 Å². The first-order valence-electron chi connectivity index (χ1n) is 5.23. The first kappa shape index (κ1) is 13.7. The van der Waals surface area contributed by atoms with Crippen molar-refractivity contribution in [3.8, 4) is 6.07 Å². The van der Waals surface area contributed by atoms with Gasteiger partial charge in [-0.05, 0) is 34.8 Å². The molecule has 0 fully saturated rings. The van der Waals surface area contributed by atoms with E-state index in [-0.39, 0.29) is 11.8 Å². The Balaban J connectivity index is 2.90. The number of aromatic nitrogens is 1. The van der Waals surface area contributed by atoms with Gasteiger partial charge in [0.05, 0.1) is 11.6 Å². The van der Waals surface area contributed by atoms with E-state index in [0.717, 1.165) is 4.47 Å². The van der Waals surface area contributed by atoms with Crippen molar-refractivity contribution >= 4 is 21.8 Å². The zero-order valence-electron chi connectivity index (χ0n) is 9.99. The van der Waals surface area contributed by atoms with E-state index in [2.05, 4.69) is 32.3 Å². The molecule has 1 aromatic heterocycles. The molecule has 17 heavy (non-hydrogen) atoms. The highest BCUT2D eigenvalue weighted by molar-refractivity contribution is 9.10. The largest absolute Gasteiger partial charge is 0.334 e. The molecule has 0 bridgehead atoms. The fourth-order valence-electron chi connectivity index (χ4n) is 1.15. The van der Waals surface area contributed by atoms with Gasteiger partial charge in [-0.25, -0.2) is 0 Å². The van der Waals surface area contributed by atoms with Gasteiger partial charge in [-0.15, -0.1) is 0 Å². The fraction of sp³-hybridized carbons (Fsp3) is 0.417. The van der Waals surface area contributed by atoms with E-state index in [4.69, 9.17) is 5.26 Å². The minimum absolute atomic E-state index is 0.0246. The number of carbonyl (C=O) groups excluding carboxylic acids is 1. The lowest BCUT2D eigenvalue weighted by Crippen LogP contribution is -2.48. The van der Waals surface area contributed by atoms with Gasteiger partial charge < -0.3 is 5.32 Å². The summed E-state index contributed by atoms with van der Waals surface area (Å²) in [6, 6.07) is 3.80. The molecule has 0 aliphatic heterocycles. The smallest absolute Gasteiger partial charge is 0.254 e. The lowest BCUT2D eigenvalue weighted by molar-refractivity contribution is 0.0907. The normalized spacial score (nSPS) is 13.9. The summed E-state index contributed by atoms with van der Waals surface area (Å²) >= 11 is 3.25. The van der Waals surface area contributed by atoms with Crippen LogP contribution in [0.4, 0.5) is 0 Å². The average molecular weight is 296 g/mol. The second-order valence-electron chi connectivity index (χ2n) is 4.31. The summed E-state index contributed by atoms with van der Waals surface area (Å²) in [6.07, 6.45) is 3.07. The van der Waals surface area contributed by atoms with E-state index >= 15 is 0 Å². The zero-order chi connectivity index (χ0) is 13.1. The van der Waals surface area contributed by atoms with Crippen LogP contribution in [0.2, 0.25) is 0 Å². The SMILES string of the molecule is CC(C)[C@](C)(C#N)NC(=O)c1cncc(Br)c1. The van der Waals surface area contributed by atoms with Gasteiger partial charge in [0.1, 0.15) is 5.54 Å². The van der Waals surface area contributed by atoms with E-state index in [1.807, 2.05) is 13.8 Å². The van der Waals surface area contributed by atoms with Crippen molar-refractivity contribution < 1.29 is 4.79 Å². The van der Waals surface area contributed by atoms with Crippen molar-refractivity contribution in [1.29, 1.82) is 5.26 Å². The number of amides is 1. The van der Waals surface area contributed by atoms with Crippen LogP contribution in [0.25, 0.3) is 0 Å². The summed E-state index contributed by atoms with van der Waals surface area (Å²) in [7, 11) is 0. The molecular formula is C12H14BrN3O. The third-order valence-electron chi connectivity index (χ3n) is 2.73. The van der Waals surface area contributed by atoms with Gasteiger partial charge in [0.25, 0.3) is 5.91 Å². The summed E-state index contributed by atoms with van der Waals surface area (Å²) < 4.78 is 0.730. The van der Waals surface area contributed by atoms with Gasteiger partial charge in [0.2, 0.25) is 0 Å². The van der Waals surface area contributed by atoms with Crippen molar-refractivity contribution in [3.05, 3.63) is 28.5 Å². The Kier molecular flexibility index (Phi) is 4.24. The van der Waals surface area contributed by atoms with Crippen LogP contribution in [0.5, 0.6) is 0 Å². The van der Waals surface area contributed by atoms with Crippen LogP contribution in [0.1, 0.15) is 31.1 Å². The molecule has 0 saturated carbocycles.